The molecule has 224 valence electrons. The molecule has 9 nitrogen and oxygen atoms in total. The lowest BCUT2D eigenvalue weighted by Gasteiger charge is -2.44. The van der Waals surface area contributed by atoms with Crippen LogP contribution in [-0.4, -0.2) is 62.9 Å². The Hall–Kier alpha value is -2.03. The fourth-order valence-corrected chi connectivity index (χ4v) is 6.77. The molecule has 1 aromatic carbocycles. The summed E-state index contributed by atoms with van der Waals surface area (Å²) in [5, 5.41) is 10.2. The topological polar surface area (TPSA) is 101 Å². The predicted molar refractivity (Wildman–Crippen MR) is 162 cm³/mol. The third-order valence-electron chi connectivity index (χ3n) is 8.81. The second-order valence-electron chi connectivity index (χ2n) is 13.7. The van der Waals surface area contributed by atoms with Gasteiger partial charge in [0.1, 0.15) is 24.1 Å². The lowest BCUT2D eigenvalue weighted by molar-refractivity contribution is -0.0535. The number of hydrogen-bond acceptors (Lipinski definition) is 7. The summed E-state index contributed by atoms with van der Waals surface area (Å²) >= 11 is 0. The number of aromatic nitrogens is 2. The van der Waals surface area contributed by atoms with Crippen molar-refractivity contribution in [2.24, 2.45) is 0 Å². The Kier molecular flexibility index (Phi) is 9.50. The highest BCUT2D eigenvalue weighted by atomic mass is 28.4. The van der Waals surface area contributed by atoms with E-state index in [4.69, 9.17) is 18.3 Å². The third kappa shape index (κ3) is 6.71. The average Bonchev–Trinajstić information content (AvgIpc) is 3.16. The summed E-state index contributed by atoms with van der Waals surface area (Å²) in [6.07, 6.45) is -1.35. The van der Waals surface area contributed by atoms with E-state index < -0.39 is 52.4 Å². The molecule has 4 unspecified atom stereocenters. The molecule has 2 heterocycles. The largest absolute Gasteiger partial charge is 0.497 e. The van der Waals surface area contributed by atoms with Crippen molar-refractivity contribution in [1.29, 1.82) is 0 Å². The van der Waals surface area contributed by atoms with Gasteiger partial charge in [0.25, 0.3) is 5.56 Å². The Balaban J connectivity index is 2.11. The standard InChI is InChI=1S/C29H48N2O7Si2/c1-28(2,3)39(8,9)37-24-22(19-32)36-26(25(24)38-40(10,11)29(4,5)6)30-17-16-23(33)31(27(30)34)18-20-12-14-21(35-7)15-13-20/h12-17,22,24-26,32H,18-19H2,1-11H3. The van der Waals surface area contributed by atoms with Crippen LogP contribution < -0.4 is 16.0 Å². The summed E-state index contributed by atoms with van der Waals surface area (Å²) in [5.41, 5.74) is -0.141. The van der Waals surface area contributed by atoms with Gasteiger partial charge in [-0.25, -0.2) is 4.79 Å². The summed E-state index contributed by atoms with van der Waals surface area (Å²) in [6.45, 7) is 21.3. The average molecular weight is 593 g/mol. The van der Waals surface area contributed by atoms with Crippen LogP contribution in [0.2, 0.25) is 36.3 Å². The fourth-order valence-electron chi connectivity index (χ4n) is 4.16. The van der Waals surface area contributed by atoms with Crippen LogP contribution in [0.4, 0.5) is 0 Å². The van der Waals surface area contributed by atoms with Crippen molar-refractivity contribution in [3.05, 3.63) is 62.9 Å². The molecule has 1 saturated heterocycles. The first-order valence-corrected chi connectivity index (χ1v) is 19.7. The Labute approximate surface area is 240 Å². The van der Waals surface area contributed by atoms with E-state index in [1.165, 1.54) is 21.4 Å². The maximum absolute atomic E-state index is 13.8. The minimum Gasteiger partial charge on any atom is -0.497 e. The van der Waals surface area contributed by atoms with E-state index in [-0.39, 0.29) is 23.2 Å². The quantitative estimate of drug-likeness (QED) is 0.420. The normalized spacial score (nSPS) is 22.5. The highest BCUT2D eigenvalue weighted by molar-refractivity contribution is 6.74. The van der Waals surface area contributed by atoms with Gasteiger partial charge >= 0.3 is 5.69 Å². The van der Waals surface area contributed by atoms with Gasteiger partial charge in [0.2, 0.25) is 0 Å². The van der Waals surface area contributed by atoms with Crippen molar-refractivity contribution in [3.8, 4) is 5.75 Å². The second kappa shape index (κ2) is 11.7. The smallest absolute Gasteiger partial charge is 0.333 e. The molecule has 1 aliphatic heterocycles. The van der Waals surface area contributed by atoms with Crippen LogP contribution in [0.1, 0.15) is 53.3 Å². The van der Waals surface area contributed by atoms with E-state index in [1.807, 2.05) is 12.1 Å². The van der Waals surface area contributed by atoms with Crippen molar-refractivity contribution in [2.75, 3.05) is 13.7 Å². The predicted octanol–water partition coefficient (Wildman–Crippen LogP) is 4.74. The monoisotopic (exact) mass is 592 g/mol. The van der Waals surface area contributed by atoms with Crippen molar-refractivity contribution < 1.29 is 23.4 Å². The van der Waals surface area contributed by atoms with Gasteiger partial charge in [-0.3, -0.25) is 13.9 Å². The second-order valence-corrected chi connectivity index (χ2v) is 23.2. The van der Waals surface area contributed by atoms with Gasteiger partial charge in [-0.2, -0.15) is 0 Å². The molecule has 1 aliphatic rings. The number of aliphatic hydroxyl groups excluding tert-OH is 1. The van der Waals surface area contributed by atoms with E-state index in [0.717, 1.165) is 5.56 Å². The van der Waals surface area contributed by atoms with Gasteiger partial charge in [-0.15, -0.1) is 0 Å². The molecule has 1 aromatic heterocycles. The molecule has 4 atom stereocenters. The van der Waals surface area contributed by atoms with Crippen molar-refractivity contribution in [2.45, 2.75) is 109 Å². The first-order valence-electron chi connectivity index (χ1n) is 13.9. The highest BCUT2D eigenvalue weighted by Crippen LogP contribution is 2.45. The fraction of sp³-hybridized carbons (Fsp3) is 0.655. The number of ether oxygens (including phenoxy) is 2. The molecule has 0 saturated carbocycles. The molecular weight excluding hydrogens is 544 g/mol. The molecular formula is C29H48N2O7Si2. The van der Waals surface area contributed by atoms with Gasteiger partial charge in [0.05, 0.1) is 20.3 Å². The van der Waals surface area contributed by atoms with Gasteiger partial charge in [-0.05, 0) is 54.0 Å². The van der Waals surface area contributed by atoms with E-state index >= 15 is 0 Å². The molecule has 2 aromatic rings. The lowest BCUT2D eigenvalue weighted by atomic mass is 10.1. The van der Waals surface area contributed by atoms with Crippen molar-refractivity contribution >= 4 is 16.6 Å². The van der Waals surface area contributed by atoms with Gasteiger partial charge < -0.3 is 23.4 Å². The maximum atomic E-state index is 13.8. The van der Waals surface area contributed by atoms with E-state index in [1.54, 1.807) is 19.2 Å². The van der Waals surface area contributed by atoms with E-state index in [2.05, 4.69) is 67.7 Å². The zero-order valence-electron chi connectivity index (χ0n) is 26.0. The molecule has 40 heavy (non-hydrogen) atoms. The van der Waals surface area contributed by atoms with Crippen LogP contribution in [-0.2, 0) is 20.1 Å². The van der Waals surface area contributed by atoms with E-state index in [0.29, 0.717) is 5.75 Å². The van der Waals surface area contributed by atoms with Gasteiger partial charge in [-0.1, -0.05) is 53.7 Å². The summed E-state index contributed by atoms with van der Waals surface area (Å²) in [4.78, 5) is 26.7. The Morgan fingerprint density at radius 3 is 1.88 bits per heavy atom. The van der Waals surface area contributed by atoms with Gasteiger partial charge in [0.15, 0.2) is 22.9 Å². The number of hydrogen-bond donors (Lipinski definition) is 1. The van der Waals surface area contributed by atoms with Crippen LogP contribution >= 0.6 is 0 Å². The number of nitrogens with zero attached hydrogens (tertiary/aromatic N) is 2. The summed E-state index contributed by atoms with van der Waals surface area (Å²) in [6, 6.07) is 8.59. The first kappa shape index (κ1) is 32.5. The van der Waals surface area contributed by atoms with Crippen LogP contribution in [0.15, 0.2) is 46.1 Å². The molecule has 0 spiro atoms. The number of methoxy groups -OCH3 is 1. The highest BCUT2D eigenvalue weighted by Gasteiger charge is 2.54. The SMILES string of the molecule is COc1ccc(Cn2c(=O)ccn(C3OC(CO)C(O[Si](C)(C)C(C)(C)C)C3O[Si](C)(C)C(C)(C)C)c2=O)cc1. The van der Waals surface area contributed by atoms with Crippen LogP contribution in [0.25, 0.3) is 0 Å². The Bertz CT molecular complexity index is 1270. The van der Waals surface area contributed by atoms with E-state index in [9.17, 15) is 14.7 Å². The number of benzene rings is 1. The molecule has 0 bridgehead atoms. The van der Waals surface area contributed by atoms with Crippen LogP contribution in [0.3, 0.4) is 0 Å². The molecule has 1 N–H and O–H groups in total. The lowest BCUT2D eigenvalue weighted by Crippen LogP contribution is -2.54. The number of aliphatic hydroxyl groups is 1. The molecule has 1 fully saturated rings. The number of rotatable bonds is 9. The molecule has 0 aliphatic carbocycles. The molecule has 0 amide bonds. The summed E-state index contributed by atoms with van der Waals surface area (Å²) < 4.78 is 28.0. The van der Waals surface area contributed by atoms with Crippen molar-refractivity contribution in [3.63, 3.8) is 0 Å². The van der Waals surface area contributed by atoms with Crippen LogP contribution in [0.5, 0.6) is 5.75 Å². The van der Waals surface area contributed by atoms with Gasteiger partial charge in [0, 0.05) is 12.3 Å². The maximum Gasteiger partial charge on any atom is 0.333 e. The first-order chi connectivity index (χ1) is 18.3. The summed E-state index contributed by atoms with van der Waals surface area (Å²) in [5.74, 6) is 0.689. The van der Waals surface area contributed by atoms with Crippen LogP contribution in [0, 0.1) is 0 Å². The minimum atomic E-state index is -2.38. The molecule has 11 heteroatoms. The molecule has 0 radical (unpaired) electrons. The minimum absolute atomic E-state index is 0.0882. The van der Waals surface area contributed by atoms with Crippen molar-refractivity contribution in [1.82, 2.24) is 9.13 Å². The zero-order chi connectivity index (χ0) is 30.3. The Morgan fingerprint density at radius 2 is 1.40 bits per heavy atom. The zero-order valence-corrected chi connectivity index (χ0v) is 28.0. The third-order valence-corrected chi connectivity index (χ3v) is 17.8. The Morgan fingerprint density at radius 1 is 0.875 bits per heavy atom. The molecule has 3 rings (SSSR count). The summed E-state index contributed by atoms with van der Waals surface area (Å²) in [7, 11) is -3.12.